The summed E-state index contributed by atoms with van der Waals surface area (Å²) >= 11 is 6.23. The lowest BCUT2D eigenvalue weighted by molar-refractivity contribution is 0.0963. The molecule has 0 aliphatic rings. The molecule has 0 radical (unpaired) electrons. The van der Waals surface area contributed by atoms with E-state index in [1.165, 1.54) is 0 Å². The molecule has 0 bridgehead atoms. The fraction of sp³-hybridized carbons (Fsp3) is 0.200. The van der Waals surface area contributed by atoms with Gasteiger partial charge in [0.2, 0.25) is 0 Å². The van der Waals surface area contributed by atoms with E-state index in [4.69, 9.17) is 16.9 Å². The van der Waals surface area contributed by atoms with Crippen LogP contribution in [0.3, 0.4) is 0 Å². The molecule has 1 heterocycles. The van der Waals surface area contributed by atoms with Gasteiger partial charge in [0, 0.05) is 41.6 Å². The number of nitriles is 1. The van der Waals surface area contributed by atoms with Crippen LogP contribution in [0, 0.1) is 11.3 Å². The van der Waals surface area contributed by atoms with E-state index in [9.17, 15) is 4.79 Å². The SMILES string of the molecule is CNC(=O)c1ccc(Cl)c(-c2cccn2CCC#N)c1. The van der Waals surface area contributed by atoms with Gasteiger partial charge >= 0.3 is 0 Å². The third-order valence-corrected chi connectivity index (χ3v) is 3.36. The van der Waals surface area contributed by atoms with E-state index in [0.29, 0.717) is 23.6 Å². The number of carbonyl (C=O) groups is 1. The molecule has 0 saturated heterocycles. The van der Waals surface area contributed by atoms with Gasteiger partial charge in [-0.15, -0.1) is 0 Å². The van der Waals surface area contributed by atoms with Gasteiger partial charge in [-0.25, -0.2) is 0 Å². The molecular weight excluding hydrogens is 274 g/mol. The lowest BCUT2D eigenvalue weighted by Crippen LogP contribution is -2.17. The van der Waals surface area contributed by atoms with Gasteiger partial charge in [-0.1, -0.05) is 11.6 Å². The standard InChI is InChI=1S/C15H14ClN3O/c1-18-15(20)11-5-6-13(16)12(10-11)14-4-2-8-19(14)9-3-7-17/h2,4-6,8,10H,3,9H2,1H3,(H,18,20). The van der Waals surface area contributed by atoms with Crippen molar-refractivity contribution in [1.82, 2.24) is 9.88 Å². The maximum Gasteiger partial charge on any atom is 0.251 e. The first-order chi connectivity index (χ1) is 9.67. The molecule has 0 saturated carbocycles. The van der Waals surface area contributed by atoms with E-state index in [0.717, 1.165) is 11.3 Å². The Hall–Kier alpha value is -2.25. The van der Waals surface area contributed by atoms with Crippen LogP contribution >= 0.6 is 11.6 Å². The topological polar surface area (TPSA) is 57.8 Å². The molecule has 5 heteroatoms. The highest BCUT2D eigenvalue weighted by Crippen LogP contribution is 2.29. The molecule has 1 aromatic carbocycles. The molecule has 20 heavy (non-hydrogen) atoms. The van der Waals surface area contributed by atoms with Crippen molar-refractivity contribution < 1.29 is 4.79 Å². The molecule has 2 aromatic rings. The molecule has 1 N–H and O–H groups in total. The Kier molecular flexibility index (Phi) is 4.44. The third kappa shape index (κ3) is 2.84. The van der Waals surface area contributed by atoms with E-state index >= 15 is 0 Å². The van der Waals surface area contributed by atoms with Gasteiger partial charge in [-0.05, 0) is 30.3 Å². The molecule has 0 unspecified atom stereocenters. The Balaban J connectivity index is 2.44. The number of carbonyl (C=O) groups excluding carboxylic acids is 1. The minimum Gasteiger partial charge on any atom is -0.355 e. The third-order valence-electron chi connectivity index (χ3n) is 3.03. The number of nitrogens with zero attached hydrogens (tertiary/aromatic N) is 2. The summed E-state index contributed by atoms with van der Waals surface area (Å²) in [5.41, 5.74) is 2.24. The summed E-state index contributed by atoms with van der Waals surface area (Å²) in [6, 6.07) is 11.1. The number of nitrogens with one attached hydrogen (secondary N) is 1. The van der Waals surface area contributed by atoms with E-state index in [1.807, 2.05) is 22.9 Å². The number of amides is 1. The van der Waals surface area contributed by atoms with E-state index in [1.54, 1.807) is 25.2 Å². The molecule has 0 atom stereocenters. The predicted molar refractivity (Wildman–Crippen MR) is 78.5 cm³/mol. The van der Waals surface area contributed by atoms with Crippen molar-refractivity contribution >= 4 is 17.5 Å². The molecule has 0 aliphatic heterocycles. The van der Waals surface area contributed by atoms with Crippen LogP contribution in [0.5, 0.6) is 0 Å². The minimum absolute atomic E-state index is 0.155. The zero-order chi connectivity index (χ0) is 14.5. The van der Waals surface area contributed by atoms with Crippen molar-refractivity contribution in [2.45, 2.75) is 13.0 Å². The molecule has 1 amide bonds. The molecule has 0 fully saturated rings. The van der Waals surface area contributed by atoms with Crippen molar-refractivity contribution in [3.05, 3.63) is 47.1 Å². The largest absolute Gasteiger partial charge is 0.355 e. The summed E-state index contributed by atoms with van der Waals surface area (Å²) < 4.78 is 1.96. The highest BCUT2D eigenvalue weighted by Gasteiger charge is 2.12. The molecular formula is C15H14ClN3O. The summed E-state index contributed by atoms with van der Waals surface area (Å²) in [4.78, 5) is 11.7. The van der Waals surface area contributed by atoms with Gasteiger partial charge in [0.25, 0.3) is 5.91 Å². The predicted octanol–water partition coefficient (Wildman–Crippen LogP) is 3.08. The van der Waals surface area contributed by atoms with E-state index < -0.39 is 0 Å². The second kappa shape index (κ2) is 6.27. The normalized spacial score (nSPS) is 10.1. The number of hydrogen-bond acceptors (Lipinski definition) is 2. The maximum absolute atomic E-state index is 11.7. The number of rotatable bonds is 4. The average molecular weight is 288 g/mol. The molecule has 2 rings (SSSR count). The summed E-state index contributed by atoms with van der Waals surface area (Å²) in [5.74, 6) is -0.155. The van der Waals surface area contributed by atoms with Gasteiger partial charge in [0.15, 0.2) is 0 Å². The number of benzene rings is 1. The highest BCUT2D eigenvalue weighted by atomic mass is 35.5. The van der Waals surface area contributed by atoms with Crippen LogP contribution in [0.15, 0.2) is 36.5 Å². The second-order valence-electron chi connectivity index (χ2n) is 4.27. The van der Waals surface area contributed by atoms with Crippen molar-refractivity contribution in [1.29, 1.82) is 5.26 Å². The van der Waals surface area contributed by atoms with Crippen molar-refractivity contribution in [3.8, 4) is 17.3 Å². The smallest absolute Gasteiger partial charge is 0.251 e. The fourth-order valence-electron chi connectivity index (χ4n) is 2.03. The summed E-state index contributed by atoms with van der Waals surface area (Å²) in [6.07, 6.45) is 2.32. The first-order valence-electron chi connectivity index (χ1n) is 6.21. The van der Waals surface area contributed by atoms with Crippen LogP contribution in [-0.4, -0.2) is 17.5 Å². The highest BCUT2D eigenvalue weighted by molar-refractivity contribution is 6.33. The van der Waals surface area contributed by atoms with Crippen molar-refractivity contribution in [3.63, 3.8) is 0 Å². The Morgan fingerprint density at radius 1 is 1.45 bits per heavy atom. The van der Waals surface area contributed by atoms with Gasteiger partial charge in [-0.2, -0.15) is 5.26 Å². The van der Waals surface area contributed by atoms with Crippen LogP contribution in [0.25, 0.3) is 11.3 Å². The van der Waals surface area contributed by atoms with Gasteiger partial charge < -0.3 is 9.88 Å². The fourth-order valence-corrected chi connectivity index (χ4v) is 2.25. The van der Waals surface area contributed by atoms with Crippen LogP contribution in [0.1, 0.15) is 16.8 Å². The lowest BCUT2D eigenvalue weighted by atomic mass is 10.1. The molecule has 4 nitrogen and oxygen atoms in total. The monoisotopic (exact) mass is 287 g/mol. The van der Waals surface area contributed by atoms with Crippen LogP contribution < -0.4 is 5.32 Å². The second-order valence-corrected chi connectivity index (χ2v) is 4.68. The van der Waals surface area contributed by atoms with Crippen molar-refractivity contribution in [2.75, 3.05) is 7.05 Å². The van der Waals surface area contributed by atoms with Crippen LogP contribution in [0.2, 0.25) is 5.02 Å². The van der Waals surface area contributed by atoms with Gasteiger partial charge in [0.1, 0.15) is 0 Å². The van der Waals surface area contributed by atoms with E-state index in [-0.39, 0.29) is 5.91 Å². The summed E-state index contributed by atoms with van der Waals surface area (Å²) in [5, 5.41) is 11.9. The lowest BCUT2D eigenvalue weighted by Gasteiger charge is -2.10. The Labute approximate surface area is 122 Å². The van der Waals surface area contributed by atoms with Crippen molar-refractivity contribution in [2.24, 2.45) is 0 Å². The zero-order valence-corrected chi connectivity index (χ0v) is 11.8. The Morgan fingerprint density at radius 2 is 2.25 bits per heavy atom. The maximum atomic E-state index is 11.7. The van der Waals surface area contributed by atoms with Gasteiger partial charge in [-0.3, -0.25) is 4.79 Å². The molecule has 1 aromatic heterocycles. The first-order valence-corrected chi connectivity index (χ1v) is 6.59. The Bertz CT molecular complexity index is 670. The summed E-state index contributed by atoms with van der Waals surface area (Å²) in [7, 11) is 1.59. The zero-order valence-electron chi connectivity index (χ0n) is 11.1. The van der Waals surface area contributed by atoms with Crippen LogP contribution in [0.4, 0.5) is 0 Å². The number of aryl methyl sites for hydroxylation is 1. The molecule has 0 spiro atoms. The number of halogens is 1. The molecule has 0 aliphatic carbocycles. The minimum atomic E-state index is -0.155. The van der Waals surface area contributed by atoms with Crippen LogP contribution in [-0.2, 0) is 6.54 Å². The number of aromatic nitrogens is 1. The van der Waals surface area contributed by atoms with Gasteiger partial charge in [0.05, 0.1) is 12.5 Å². The molecule has 102 valence electrons. The average Bonchev–Trinajstić information content (AvgIpc) is 2.93. The first kappa shape index (κ1) is 14.2. The number of hydrogen-bond donors (Lipinski definition) is 1. The summed E-state index contributed by atoms with van der Waals surface area (Å²) in [6.45, 7) is 0.597. The quantitative estimate of drug-likeness (QED) is 0.939. The van der Waals surface area contributed by atoms with E-state index in [2.05, 4.69) is 11.4 Å². The Morgan fingerprint density at radius 3 is 2.95 bits per heavy atom.